The molecule has 0 aliphatic carbocycles. The first-order valence-corrected chi connectivity index (χ1v) is 8.38. The minimum Gasteiger partial charge on any atom is -0.342 e. The largest absolute Gasteiger partial charge is 0.342 e. The second kappa shape index (κ2) is 6.39. The monoisotopic (exact) mass is 301 g/mol. The van der Waals surface area contributed by atoms with Crippen molar-refractivity contribution in [2.24, 2.45) is 11.3 Å². The zero-order chi connectivity index (χ0) is 15.6. The Morgan fingerprint density at radius 2 is 2.14 bits per heavy atom. The van der Waals surface area contributed by atoms with Gasteiger partial charge in [0.25, 0.3) is 0 Å². The molecule has 3 rings (SSSR count). The number of rotatable bonds is 3. The molecule has 0 spiro atoms. The SMILES string of the molecule is CC1CNNC1C1(C)CCCN(C(=O)Cc2ccccc2)C1. The summed E-state index contributed by atoms with van der Waals surface area (Å²) in [6.45, 7) is 7.39. The summed E-state index contributed by atoms with van der Waals surface area (Å²) in [6, 6.07) is 10.5. The lowest BCUT2D eigenvalue weighted by molar-refractivity contribution is -0.134. The maximum atomic E-state index is 12.6. The van der Waals surface area contributed by atoms with Crippen LogP contribution < -0.4 is 10.9 Å². The van der Waals surface area contributed by atoms with Gasteiger partial charge in [-0.15, -0.1) is 0 Å². The van der Waals surface area contributed by atoms with Crippen molar-refractivity contribution in [2.75, 3.05) is 19.6 Å². The zero-order valence-corrected chi connectivity index (χ0v) is 13.6. The van der Waals surface area contributed by atoms with Gasteiger partial charge in [0.05, 0.1) is 6.42 Å². The van der Waals surface area contributed by atoms with E-state index >= 15 is 0 Å². The van der Waals surface area contributed by atoms with E-state index in [0.717, 1.165) is 31.6 Å². The van der Waals surface area contributed by atoms with E-state index in [4.69, 9.17) is 0 Å². The lowest BCUT2D eigenvalue weighted by Gasteiger charge is -2.45. The molecule has 2 N–H and O–H groups in total. The van der Waals surface area contributed by atoms with Gasteiger partial charge in [-0.1, -0.05) is 44.2 Å². The van der Waals surface area contributed by atoms with Crippen LogP contribution in [0.25, 0.3) is 0 Å². The topological polar surface area (TPSA) is 44.4 Å². The maximum absolute atomic E-state index is 12.6. The summed E-state index contributed by atoms with van der Waals surface area (Å²) in [5.41, 5.74) is 7.98. The summed E-state index contributed by atoms with van der Waals surface area (Å²) in [5, 5.41) is 0. The van der Waals surface area contributed by atoms with Crippen molar-refractivity contribution in [3.8, 4) is 0 Å². The Kier molecular flexibility index (Phi) is 4.50. The number of likely N-dealkylation sites (tertiary alicyclic amines) is 1. The van der Waals surface area contributed by atoms with E-state index < -0.39 is 0 Å². The summed E-state index contributed by atoms with van der Waals surface area (Å²) in [5.74, 6) is 0.866. The van der Waals surface area contributed by atoms with Crippen LogP contribution >= 0.6 is 0 Å². The summed E-state index contributed by atoms with van der Waals surface area (Å²) in [4.78, 5) is 14.7. The first kappa shape index (κ1) is 15.5. The molecule has 0 radical (unpaired) electrons. The third-order valence-electron chi connectivity index (χ3n) is 5.28. The molecule has 2 heterocycles. The fraction of sp³-hybridized carbons (Fsp3) is 0.611. The zero-order valence-electron chi connectivity index (χ0n) is 13.6. The minimum absolute atomic E-state index is 0.160. The molecule has 22 heavy (non-hydrogen) atoms. The average molecular weight is 301 g/mol. The smallest absolute Gasteiger partial charge is 0.227 e. The normalized spacial score (nSPS) is 32.2. The molecule has 2 fully saturated rings. The Hall–Kier alpha value is -1.39. The highest BCUT2D eigenvalue weighted by atomic mass is 16.2. The van der Waals surface area contributed by atoms with Crippen molar-refractivity contribution >= 4 is 5.91 Å². The van der Waals surface area contributed by atoms with Crippen molar-refractivity contribution < 1.29 is 4.79 Å². The molecule has 1 aromatic rings. The number of nitrogens with one attached hydrogen (secondary N) is 2. The van der Waals surface area contributed by atoms with Gasteiger partial charge in [0.15, 0.2) is 0 Å². The molecular formula is C18H27N3O. The highest BCUT2D eigenvalue weighted by Crippen LogP contribution is 2.37. The molecule has 3 unspecified atom stereocenters. The highest BCUT2D eigenvalue weighted by molar-refractivity contribution is 5.79. The molecule has 2 aliphatic rings. The van der Waals surface area contributed by atoms with Gasteiger partial charge in [-0.25, -0.2) is 0 Å². The Labute approximate surface area is 133 Å². The average Bonchev–Trinajstić information content (AvgIpc) is 2.95. The molecule has 4 nitrogen and oxygen atoms in total. The number of hydrazine groups is 1. The van der Waals surface area contributed by atoms with Gasteiger partial charge < -0.3 is 4.90 Å². The maximum Gasteiger partial charge on any atom is 0.227 e. The quantitative estimate of drug-likeness (QED) is 0.897. The van der Waals surface area contributed by atoms with Crippen molar-refractivity contribution in [2.45, 2.75) is 39.2 Å². The summed E-state index contributed by atoms with van der Waals surface area (Å²) in [7, 11) is 0. The van der Waals surface area contributed by atoms with Crippen LogP contribution in [-0.4, -0.2) is 36.5 Å². The van der Waals surface area contributed by atoms with Gasteiger partial charge >= 0.3 is 0 Å². The molecule has 4 heteroatoms. The van der Waals surface area contributed by atoms with E-state index in [1.165, 1.54) is 6.42 Å². The van der Waals surface area contributed by atoms with Gasteiger partial charge in [0.2, 0.25) is 5.91 Å². The third kappa shape index (κ3) is 3.18. The molecular weight excluding hydrogens is 274 g/mol. The highest BCUT2D eigenvalue weighted by Gasteiger charge is 2.43. The van der Waals surface area contributed by atoms with Gasteiger partial charge in [0.1, 0.15) is 0 Å². The number of carbonyl (C=O) groups is 1. The standard InChI is InChI=1S/C18H27N3O/c1-14-12-19-20-17(14)18(2)9-6-10-21(13-18)16(22)11-15-7-4-3-5-8-15/h3-5,7-8,14,17,19-20H,6,9-13H2,1-2H3. The van der Waals surface area contributed by atoms with E-state index in [9.17, 15) is 4.79 Å². The van der Waals surface area contributed by atoms with Crippen molar-refractivity contribution in [3.05, 3.63) is 35.9 Å². The van der Waals surface area contributed by atoms with Crippen LogP contribution in [0.4, 0.5) is 0 Å². The molecule has 2 saturated heterocycles. The van der Waals surface area contributed by atoms with E-state index in [0.29, 0.717) is 18.4 Å². The number of hydrogen-bond donors (Lipinski definition) is 2. The molecule has 1 amide bonds. The molecule has 1 aromatic carbocycles. The Balaban J connectivity index is 1.66. The first-order chi connectivity index (χ1) is 10.6. The van der Waals surface area contributed by atoms with Crippen LogP contribution in [0.5, 0.6) is 0 Å². The predicted octanol–water partition coefficient (Wildman–Crippen LogP) is 1.97. The third-order valence-corrected chi connectivity index (χ3v) is 5.28. The predicted molar refractivity (Wildman–Crippen MR) is 88.2 cm³/mol. The van der Waals surface area contributed by atoms with Crippen molar-refractivity contribution in [1.82, 2.24) is 15.8 Å². The first-order valence-electron chi connectivity index (χ1n) is 8.38. The molecule has 3 atom stereocenters. The number of nitrogens with zero attached hydrogens (tertiary/aromatic N) is 1. The molecule has 0 aromatic heterocycles. The second-order valence-corrected chi connectivity index (χ2v) is 7.22. The molecule has 0 saturated carbocycles. The lowest BCUT2D eigenvalue weighted by Crippen LogP contribution is -2.55. The van der Waals surface area contributed by atoms with Crippen LogP contribution in [0, 0.1) is 11.3 Å². The number of hydrogen-bond acceptors (Lipinski definition) is 3. The van der Waals surface area contributed by atoms with Crippen LogP contribution in [0.3, 0.4) is 0 Å². The number of piperidine rings is 1. The Morgan fingerprint density at radius 3 is 2.82 bits per heavy atom. The van der Waals surface area contributed by atoms with Crippen LogP contribution in [-0.2, 0) is 11.2 Å². The number of carbonyl (C=O) groups excluding carboxylic acids is 1. The minimum atomic E-state index is 0.160. The summed E-state index contributed by atoms with van der Waals surface area (Å²) in [6.07, 6.45) is 2.80. The second-order valence-electron chi connectivity index (χ2n) is 7.22. The van der Waals surface area contributed by atoms with Crippen molar-refractivity contribution in [1.29, 1.82) is 0 Å². The molecule has 2 aliphatic heterocycles. The van der Waals surface area contributed by atoms with Gasteiger partial charge in [-0.05, 0) is 24.3 Å². The van der Waals surface area contributed by atoms with E-state index in [1.807, 2.05) is 30.3 Å². The van der Waals surface area contributed by atoms with E-state index in [1.54, 1.807) is 0 Å². The van der Waals surface area contributed by atoms with Crippen LogP contribution in [0.2, 0.25) is 0 Å². The number of benzene rings is 1. The van der Waals surface area contributed by atoms with Gasteiger partial charge in [0, 0.05) is 31.1 Å². The molecule has 120 valence electrons. The van der Waals surface area contributed by atoms with E-state index in [-0.39, 0.29) is 11.3 Å². The summed E-state index contributed by atoms with van der Waals surface area (Å²) < 4.78 is 0. The van der Waals surface area contributed by atoms with Crippen molar-refractivity contribution in [3.63, 3.8) is 0 Å². The summed E-state index contributed by atoms with van der Waals surface area (Å²) >= 11 is 0. The van der Waals surface area contributed by atoms with Crippen LogP contribution in [0.1, 0.15) is 32.3 Å². The Bertz CT molecular complexity index is 518. The lowest BCUT2D eigenvalue weighted by atomic mass is 9.72. The van der Waals surface area contributed by atoms with Gasteiger partial charge in [-0.2, -0.15) is 0 Å². The van der Waals surface area contributed by atoms with Crippen LogP contribution in [0.15, 0.2) is 30.3 Å². The van der Waals surface area contributed by atoms with E-state index in [2.05, 4.69) is 29.6 Å². The fourth-order valence-corrected chi connectivity index (χ4v) is 4.07. The Morgan fingerprint density at radius 1 is 1.36 bits per heavy atom. The van der Waals surface area contributed by atoms with Gasteiger partial charge in [-0.3, -0.25) is 15.6 Å². The molecule has 0 bridgehead atoms. The number of amides is 1. The fourth-order valence-electron chi connectivity index (χ4n) is 4.07.